The molecule has 9 nitrogen and oxygen atoms in total. The first-order valence-corrected chi connectivity index (χ1v) is 10.0. The lowest BCUT2D eigenvalue weighted by Crippen LogP contribution is -2.48. The summed E-state index contributed by atoms with van der Waals surface area (Å²) in [6, 6.07) is 0. The molecule has 5 atom stereocenters. The number of aromatic amines is 1. The quantitative estimate of drug-likeness (QED) is 0.614. The lowest BCUT2D eigenvalue weighted by molar-refractivity contribution is -0.215. The van der Waals surface area contributed by atoms with Gasteiger partial charge in [0.05, 0.1) is 12.7 Å². The standard InChI is InChI=1S/C13H19N2O7PS/c1-6-4-15(12(17)14-10(6)16)11-9-7(2)13(22-11,8(3)21-9)5-20-23(18,19)24/h4,7-9,11H,5H2,1-3H3,(H,14,16,17)(H2,18,19,24)/t7?,8-,9?,11+,13+/m0/s1. The highest BCUT2D eigenvalue weighted by molar-refractivity contribution is 8.06. The van der Waals surface area contributed by atoms with E-state index in [-0.39, 0.29) is 18.6 Å². The van der Waals surface area contributed by atoms with Crippen LogP contribution in [-0.2, 0) is 25.8 Å². The Kier molecular flexibility index (Phi) is 4.37. The number of hydrogen-bond acceptors (Lipinski definition) is 6. The van der Waals surface area contributed by atoms with Crippen molar-refractivity contribution in [2.24, 2.45) is 5.92 Å². The van der Waals surface area contributed by atoms with Gasteiger partial charge in [0.25, 0.3) is 5.56 Å². The Balaban J connectivity index is 1.95. The van der Waals surface area contributed by atoms with Gasteiger partial charge in [-0.05, 0) is 25.7 Å². The van der Waals surface area contributed by atoms with Gasteiger partial charge in [0.15, 0.2) is 6.23 Å². The molecule has 11 heteroatoms. The molecule has 0 radical (unpaired) electrons. The molecule has 2 fully saturated rings. The lowest BCUT2D eigenvalue weighted by Gasteiger charge is -2.36. The van der Waals surface area contributed by atoms with Crippen LogP contribution < -0.4 is 11.2 Å². The first kappa shape index (κ1) is 17.9. The van der Waals surface area contributed by atoms with Crippen LogP contribution in [0.25, 0.3) is 0 Å². The second kappa shape index (κ2) is 5.84. The molecule has 3 rings (SSSR count). The number of ether oxygens (including phenoxy) is 2. The van der Waals surface area contributed by atoms with Crippen LogP contribution in [0.15, 0.2) is 15.8 Å². The van der Waals surface area contributed by atoms with Crippen LogP contribution in [0, 0.1) is 12.8 Å². The SMILES string of the molecule is Cc1cn([C@@H]2O[C@]3(COP(O)(O)=S)C(C)C2O[C@H]3C)c(=O)[nH]c1=O. The van der Waals surface area contributed by atoms with Crippen molar-refractivity contribution in [3.8, 4) is 0 Å². The topological polar surface area (TPSA) is 123 Å². The molecule has 2 saturated heterocycles. The maximum Gasteiger partial charge on any atom is 0.330 e. The van der Waals surface area contributed by atoms with Crippen molar-refractivity contribution in [1.82, 2.24) is 9.55 Å². The van der Waals surface area contributed by atoms with Crippen LogP contribution in [0.4, 0.5) is 0 Å². The molecule has 0 spiro atoms. The Morgan fingerprint density at radius 2 is 2.12 bits per heavy atom. The van der Waals surface area contributed by atoms with Gasteiger partial charge in [-0.15, -0.1) is 0 Å². The van der Waals surface area contributed by atoms with E-state index in [1.54, 1.807) is 13.8 Å². The number of aryl methyl sites for hydroxylation is 1. The molecular formula is C13H19N2O7PS. The minimum Gasteiger partial charge on any atom is -0.367 e. The Morgan fingerprint density at radius 1 is 1.46 bits per heavy atom. The van der Waals surface area contributed by atoms with Crippen LogP contribution >= 0.6 is 6.72 Å². The molecule has 3 heterocycles. The minimum atomic E-state index is -3.84. The van der Waals surface area contributed by atoms with Crippen LogP contribution in [0.2, 0.25) is 0 Å². The number of rotatable bonds is 4. The Labute approximate surface area is 142 Å². The van der Waals surface area contributed by atoms with E-state index in [4.69, 9.17) is 14.0 Å². The number of hydrogen-bond donors (Lipinski definition) is 3. The molecule has 1 aromatic heterocycles. The van der Waals surface area contributed by atoms with E-state index in [0.717, 1.165) is 0 Å². The molecule has 3 N–H and O–H groups in total. The van der Waals surface area contributed by atoms with Gasteiger partial charge in [-0.25, -0.2) is 4.79 Å². The largest absolute Gasteiger partial charge is 0.367 e. The van der Waals surface area contributed by atoms with E-state index in [0.29, 0.717) is 5.56 Å². The van der Waals surface area contributed by atoms with Crippen LogP contribution in [0.1, 0.15) is 25.6 Å². The van der Waals surface area contributed by atoms with Crippen LogP contribution in [0.3, 0.4) is 0 Å². The van der Waals surface area contributed by atoms with E-state index < -0.39 is 35.9 Å². The minimum absolute atomic E-state index is 0.163. The summed E-state index contributed by atoms with van der Waals surface area (Å²) in [6.45, 7) is 1.24. The molecule has 0 saturated carbocycles. The third-order valence-electron chi connectivity index (χ3n) is 4.81. The summed E-state index contributed by atoms with van der Waals surface area (Å²) < 4.78 is 18.3. The first-order valence-electron chi connectivity index (χ1n) is 7.40. The summed E-state index contributed by atoms with van der Waals surface area (Å²) in [5.74, 6) is -0.182. The molecule has 2 bridgehead atoms. The maximum atomic E-state index is 12.1. The smallest absolute Gasteiger partial charge is 0.330 e. The average molecular weight is 378 g/mol. The molecule has 134 valence electrons. The molecule has 2 aliphatic rings. The number of fused-ring (bicyclic) bond motifs is 2. The molecular weight excluding hydrogens is 359 g/mol. The van der Waals surface area contributed by atoms with Gasteiger partial charge < -0.3 is 23.8 Å². The zero-order chi connectivity index (χ0) is 17.9. The fourth-order valence-electron chi connectivity index (χ4n) is 3.38. The average Bonchev–Trinajstić information content (AvgIpc) is 2.87. The molecule has 24 heavy (non-hydrogen) atoms. The van der Waals surface area contributed by atoms with Crippen molar-refractivity contribution in [3.05, 3.63) is 32.6 Å². The van der Waals surface area contributed by atoms with Gasteiger partial charge in [-0.2, -0.15) is 0 Å². The number of aromatic nitrogens is 2. The number of H-pyrrole nitrogens is 1. The summed E-state index contributed by atoms with van der Waals surface area (Å²) >= 11 is 4.49. The third kappa shape index (κ3) is 2.82. The van der Waals surface area contributed by atoms with Gasteiger partial charge in [0, 0.05) is 17.7 Å². The highest BCUT2D eigenvalue weighted by Crippen LogP contribution is 2.53. The van der Waals surface area contributed by atoms with Crippen LogP contribution in [0.5, 0.6) is 0 Å². The summed E-state index contributed by atoms with van der Waals surface area (Å²) in [5, 5.41) is 0. The normalized spacial score (nSPS) is 35.5. The predicted molar refractivity (Wildman–Crippen MR) is 87.1 cm³/mol. The fourth-order valence-corrected chi connectivity index (χ4v) is 3.91. The van der Waals surface area contributed by atoms with Gasteiger partial charge in [-0.1, -0.05) is 6.92 Å². The second-order valence-electron chi connectivity index (χ2n) is 6.24. The fraction of sp³-hybridized carbons (Fsp3) is 0.692. The van der Waals surface area contributed by atoms with E-state index in [1.807, 2.05) is 6.92 Å². The van der Waals surface area contributed by atoms with Crippen molar-refractivity contribution in [3.63, 3.8) is 0 Å². The number of nitrogens with one attached hydrogen (secondary N) is 1. The van der Waals surface area contributed by atoms with Crippen molar-refractivity contribution < 1.29 is 23.8 Å². The summed E-state index contributed by atoms with van der Waals surface area (Å²) in [5.41, 5.74) is -1.65. The van der Waals surface area contributed by atoms with Crippen molar-refractivity contribution in [2.45, 2.75) is 44.8 Å². The van der Waals surface area contributed by atoms with E-state index in [1.165, 1.54) is 10.8 Å². The number of nitrogens with zero attached hydrogens (tertiary/aromatic N) is 1. The zero-order valence-electron chi connectivity index (χ0n) is 13.3. The first-order chi connectivity index (χ1) is 11.0. The summed E-state index contributed by atoms with van der Waals surface area (Å²) in [6.07, 6.45) is -0.153. The zero-order valence-corrected chi connectivity index (χ0v) is 15.0. The Morgan fingerprint density at radius 3 is 2.75 bits per heavy atom. The third-order valence-corrected chi connectivity index (χ3v) is 5.59. The van der Waals surface area contributed by atoms with E-state index >= 15 is 0 Å². The van der Waals surface area contributed by atoms with Gasteiger partial charge in [0.2, 0.25) is 0 Å². The van der Waals surface area contributed by atoms with Gasteiger partial charge >= 0.3 is 12.4 Å². The van der Waals surface area contributed by atoms with Crippen LogP contribution in [-0.4, -0.2) is 43.8 Å². The molecule has 0 aromatic carbocycles. The monoisotopic (exact) mass is 378 g/mol. The highest BCUT2D eigenvalue weighted by Gasteiger charge is 2.64. The Bertz CT molecular complexity index is 817. The molecule has 2 aliphatic heterocycles. The maximum absolute atomic E-state index is 12.1. The Hall–Kier alpha value is -0.870. The summed E-state index contributed by atoms with van der Waals surface area (Å²) in [7, 11) is 0. The van der Waals surface area contributed by atoms with E-state index in [9.17, 15) is 19.4 Å². The van der Waals surface area contributed by atoms with Gasteiger partial charge in [0.1, 0.15) is 11.7 Å². The predicted octanol–water partition coefficient (Wildman–Crippen LogP) is -0.238. The van der Waals surface area contributed by atoms with E-state index in [2.05, 4.69) is 16.8 Å². The lowest BCUT2D eigenvalue weighted by atomic mass is 9.87. The van der Waals surface area contributed by atoms with Gasteiger partial charge in [-0.3, -0.25) is 14.3 Å². The highest BCUT2D eigenvalue weighted by atomic mass is 32.5. The second-order valence-corrected chi connectivity index (χ2v) is 8.90. The van der Waals surface area contributed by atoms with Crippen molar-refractivity contribution in [1.29, 1.82) is 0 Å². The molecule has 1 aromatic rings. The van der Waals surface area contributed by atoms with Crippen molar-refractivity contribution in [2.75, 3.05) is 6.61 Å². The molecule has 0 aliphatic carbocycles. The molecule has 2 unspecified atom stereocenters. The summed E-state index contributed by atoms with van der Waals surface area (Å²) in [4.78, 5) is 44.6. The molecule has 0 amide bonds. The van der Waals surface area contributed by atoms with Crippen molar-refractivity contribution >= 4 is 18.5 Å².